The molecule has 18 heavy (non-hydrogen) atoms. The highest BCUT2D eigenvalue weighted by Crippen LogP contribution is 2.17. The molecule has 0 radical (unpaired) electrons. The molecule has 2 rings (SSSR count). The smallest absolute Gasteiger partial charge is 0.272 e. The third-order valence-electron chi connectivity index (χ3n) is 2.60. The number of nitrogens with zero attached hydrogens (tertiary/aromatic N) is 1. The Hall–Kier alpha value is -1.55. The van der Waals surface area contributed by atoms with Crippen LogP contribution < -0.4 is 10.9 Å². The molecule has 0 fully saturated rings. The summed E-state index contributed by atoms with van der Waals surface area (Å²) in [5.41, 5.74) is 3.16. The minimum Gasteiger partial charge on any atom is -0.378 e. The summed E-state index contributed by atoms with van der Waals surface area (Å²) in [5.74, 6) is 0. The van der Waals surface area contributed by atoms with Gasteiger partial charge in [-0.1, -0.05) is 0 Å². The highest BCUT2D eigenvalue weighted by molar-refractivity contribution is 5.85. The van der Waals surface area contributed by atoms with Gasteiger partial charge in [0.05, 0.1) is 0 Å². The minimum absolute atomic E-state index is 0. The van der Waals surface area contributed by atoms with E-state index in [2.05, 4.69) is 15.3 Å². The second kappa shape index (κ2) is 5.40. The summed E-state index contributed by atoms with van der Waals surface area (Å²) in [6.07, 6.45) is 0. The van der Waals surface area contributed by atoms with Crippen molar-refractivity contribution in [3.05, 3.63) is 33.7 Å². The summed E-state index contributed by atoms with van der Waals surface area (Å²) in [6, 6.07) is 4.11. The molecule has 4 nitrogen and oxygen atoms in total. The number of rotatable bonds is 2. The molecule has 0 aromatic carbocycles. The Morgan fingerprint density at radius 1 is 1.28 bits per heavy atom. The lowest BCUT2D eigenvalue weighted by atomic mass is 10.1. The van der Waals surface area contributed by atoms with Gasteiger partial charge in [-0.2, -0.15) is 0 Å². The van der Waals surface area contributed by atoms with Gasteiger partial charge in [0.25, 0.3) is 5.56 Å². The van der Waals surface area contributed by atoms with E-state index in [1.54, 1.807) is 0 Å². The molecule has 2 heterocycles. The van der Waals surface area contributed by atoms with Crippen molar-refractivity contribution in [1.29, 1.82) is 0 Å². The van der Waals surface area contributed by atoms with E-state index < -0.39 is 0 Å². The van der Waals surface area contributed by atoms with Crippen LogP contribution in [-0.4, -0.2) is 16.0 Å². The average molecular weight is 268 g/mol. The fourth-order valence-electron chi connectivity index (χ4n) is 1.93. The predicted molar refractivity (Wildman–Crippen MR) is 77.8 cm³/mol. The van der Waals surface area contributed by atoms with Crippen molar-refractivity contribution >= 4 is 29.1 Å². The zero-order valence-corrected chi connectivity index (χ0v) is 11.8. The Labute approximate surface area is 112 Å². The summed E-state index contributed by atoms with van der Waals surface area (Å²) < 4.78 is 0. The van der Waals surface area contributed by atoms with Crippen molar-refractivity contribution in [2.24, 2.45) is 0 Å². The van der Waals surface area contributed by atoms with E-state index in [1.807, 2.05) is 39.8 Å². The topological polar surface area (TPSA) is 57.8 Å². The van der Waals surface area contributed by atoms with Crippen LogP contribution in [0.4, 0.5) is 5.69 Å². The lowest BCUT2D eigenvalue weighted by molar-refractivity contribution is 0.895. The van der Waals surface area contributed by atoms with Crippen LogP contribution in [0, 0.1) is 13.8 Å². The maximum absolute atomic E-state index is 11.8. The number of pyridine rings is 2. The number of aromatic amines is 1. The van der Waals surface area contributed by atoms with Crippen molar-refractivity contribution in [3.8, 4) is 0 Å². The number of halogens is 1. The highest BCUT2D eigenvalue weighted by atomic mass is 35.5. The summed E-state index contributed by atoms with van der Waals surface area (Å²) in [5, 5.41) is 4.12. The fraction of sp³-hybridized carbons (Fsp3) is 0.385. The van der Waals surface area contributed by atoms with E-state index in [0.717, 1.165) is 16.6 Å². The van der Waals surface area contributed by atoms with Gasteiger partial charge in [0.1, 0.15) is 11.3 Å². The first-order chi connectivity index (χ1) is 7.97. The summed E-state index contributed by atoms with van der Waals surface area (Å²) in [6.45, 7) is 7.95. The molecular formula is C13H18ClN3O. The lowest BCUT2D eigenvalue weighted by Crippen LogP contribution is -2.19. The van der Waals surface area contributed by atoms with Crippen LogP contribution in [0.25, 0.3) is 11.0 Å². The van der Waals surface area contributed by atoms with Gasteiger partial charge < -0.3 is 10.3 Å². The molecule has 0 bridgehead atoms. The van der Waals surface area contributed by atoms with E-state index in [0.29, 0.717) is 11.3 Å². The van der Waals surface area contributed by atoms with E-state index in [1.165, 1.54) is 0 Å². The molecular weight excluding hydrogens is 250 g/mol. The Morgan fingerprint density at radius 3 is 2.56 bits per heavy atom. The zero-order valence-electron chi connectivity index (χ0n) is 11.0. The maximum atomic E-state index is 11.8. The van der Waals surface area contributed by atoms with Gasteiger partial charge in [-0.25, -0.2) is 4.98 Å². The molecule has 0 aliphatic carbocycles. The number of nitrogens with one attached hydrogen (secondary N) is 2. The maximum Gasteiger partial charge on any atom is 0.272 e. The summed E-state index contributed by atoms with van der Waals surface area (Å²) in [4.78, 5) is 19.0. The van der Waals surface area contributed by atoms with E-state index in [-0.39, 0.29) is 24.0 Å². The van der Waals surface area contributed by atoms with Crippen molar-refractivity contribution in [3.63, 3.8) is 0 Å². The number of fused-ring (bicyclic) bond motifs is 1. The molecule has 2 aromatic heterocycles. The van der Waals surface area contributed by atoms with Crippen LogP contribution in [0.15, 0.2) is 16.9 Å². The molecule has 0 amide bonds. The first-order valence-electron chi connectivity index (χ1n) is 5.75. The van der Waals surface area contributed by atoms with Crippen molar-refractivity contribution < 1.29 is 0 Å². The molecule has 0 atom stereocenters. The number of aryl methyl sites for hydroxylation is 2. The van der Waals surface area contributed by atoms with Crippen molar-refractivity contribution in [2.45, 2.75) is 33.7 Å². The van der Waals surface area contributed by atoms with Gasteiger partial charge >= 0.3 is 0 Å². The first kappa shape index (κ1) is 14.5. The second-order valence-corrected chi connectivity index (χ2v) is 4.65. The van der Waals surface area contributed by atoms with Crippen LogP contribution in [0.2, 0.25) is 0 Å². The number of hydrogen-bond donors (Lipinski definition) is 2. The van der Waals surface area contributed by atoms with Crippen molar-refractivity contribution in [2.75, 3.05) is 5.32 Å². The molecule has 0 spiro atoms. The summed E-state index contributed by atoms with van der Waals surface area (Å²) >= 11 is 0. The van der Waals surface area contributed by atoms with Crippen LogP contribution in [-0.2, 0) is 0 Å². The van der Waals surface area contributed by atoms with E-state index in [9.17, 15) is 4.79 Å². The van der Waals surface area contributed by atoms with Gasteiger partial charge in [-0.3, -0.25) is 4.79 Å². The minimum atomic E-state index is -0.122. The third kappa shape index (κ3) is 2.82. The Balaban J connectivity index is 0.00000162. The SMILES string of the molecule is Cc1cc(C)c2cc(NC(C)C)c(=O)[nH]c2n1.Cl. The number of H-pyrrole nitrogens is 1. The molecule has 98 valence electrons. The van der Waals surface area contributed by atoms with Crippen LogP contribution in [0.3, 0.4) is 0 Å². The quantitative estimate of drug-likeness (QED) is 0.880. The number of anilines is 1. The fourth-order valence-corrected chi connectivity index (χ4v) is 1.93. The zero-order chi connectivity index (χ0) is 12.6. The largest absolute Gasteiger partial charge is 0.378 e. The van der Waals surface area contributed by atoms with E-state index >= 15 is 0 Å². The van der Waals surface area contributed by atoms with Crippen LogP contribution >= 0.6 is 12.4 Å². The van der Waals surface area contributed by atoms with Gasteiger partial charge in [-0.05, 0) is 45.4 Å². The Bertz CT molecular complexity index is 619. The molecule has 0 aliphatic rings. The normalized spacial score (nSPS) is 10.5. The number of hydrogen-bond acceptors (Lipinski definition) is 3. The first-order valence-corrected chi connectivity index (χ1v) is 5.75. The highest BCUT2D eigenvalue weighted by Gasteiger charge is 2.07. The third-order valence-corrected chi connectivity index (χ3v) is 2.60. The predicted octanol–water partition coefficient (Wildman–Crippen LogP) is 2.78. The Kier molecular flexibility index (Phi) is 4.35. The van der Waals surface area contributed by atoms with Gasteiger partial charge in [0.2, 0.25) is 0 Å². The lowest BCUT2D eigenvalue weighted by Gasteiger charge is -2.10. The molecule has 0 saturated heterocycles. The summed E-state index contributed by atoms with van der Waals surface area (Å²) in [7, 11) is 0. The van der Waals surface area contributed by atoms with Crippen molar-refractivity contribution in [1.82, 2.24) is 9.97 Å². The second-order valence-electron chi connectivity index (χ2n) is 4.65. The van der Waals surface area contributed by atoms with Crippen LogP contribution in [0.5, 0.6) is 0 Å². The number of aromatic nitrogens is 2. The van der Waals surface area contributed by atoms with Gasteiger partial charge in [0, 0.05) is 17.1 Å². The molecule has 0 unspecified atom stereocenters. The standard InChI is InChI=1S/C13H17N3O.ClH/c1-7(2)14-11-6-10-8(3)5-9(4)15-12(10)16-13(11)17;/h5-7,14H,1-4H3,(H,15,16,17);1H. The molecule has 0 aliphatic heterocycles. The average Bonchev–Trinajstić information content (AvgIpc) is 2.19. The van der Waals surface area contributed by atoms with Gasteiger partial charge in [0.15, 0.2) is 0 Å². The van der Waals surface area contributed by atoms with E-state index in [4.69, 9.17) is 0 Å². The molecule has 2 aromatic rings. The molecule has 2 N–H and O–H groups in total. The Morgan fingerprint density at radius 2 is 1.94 bits per heavy atom. The monoisotopic (exact) mass is 267 g/mol. The molecule has 0 saturated carbocycles. The van der Waals surface area contributed by atoms with Crippen LogP contribution in [0.1, 0.15) is 25.1 Å². The van der Waals surface area contributed by atoms with Gasteiger partial charge in [-0.15, -0.1) is 12.4 Å². The molecule has 5 heteroatoms.